The van der Waals surface area contributed by atoms with Gasteiger partial charge < -0.3 is 14.8 Å². The van der Waals surface area contributed by atoms with Crippen molar-refractivity contribution in [3.8, 4) is 0 Å². The molecule has 2 aromatic heterocycles. The van der Waals surface area contributed by atoms with Gasteiger partial charge in [0.2, 0.25) is 5.95 Å². The molecule has 1 aromatic carbocycles. The molecule has 1 aliphatic rings. The molecule has 0 bridgehead atoms. The topological polar surface area (TPSA) is 48.1 Å². The smallest absolute Gasteiger partial charge is 0.363 e. The zero-order valence-corrected chi connectivity index (χ0v) is 15.8. The van der Waals surface area contributed by atoms with Crippen molar-refractivity contribution in [2.24, 2.45) is 0 Å². The Morgan fingerprint density at radius 3 is 2.50 bits per heavy atom. The number of benzene rings is 1. The third-order valence-electron chi connectivity index (χ3n) is 5.29. The number of hydrogen-bond acceptors (Lipinski definition) is 4. The van der Waals surface area contributed by atoms with Crippen molar-refractivity contribution in [1.29, 1.82) is 0 Å². The van der Waals surface area contributed by atoms with E-state index in [-0.39, 0.29) is 11.8 Å². The summed E-state index contributed by atoms with van der Waals surface area (Å²) in [6, 6.07) is 9.16. The molecule has 0 atom stereocenters. The Morgan fingerprint density at radius 1 is 1.11 bits per heavy atom. The van der Waals surface area contributed by atoms with Crippen LogP contribution in [-0.4, -0.2) is 42.1 Å². The largest absolute Gasteiger partial charge is 0.433 e. The van der Waals surface area contributed by atoms with Crippen LogP contribution in [0, 0.1) is 0 Å². The van der Waals surface area contributed by atoms with Crippen molar-refractivity contribution in [2.75, 3.05) is 37.0 Å². The van der Waals surface area contributed by atoms with Crippen LogP contribution in [0.1, 0.15) is 30.0 Å². The number of aromatic amines is 1. The second-order valence-electron chi connectivity index (χ2n) is 7.35. The van der Waals surface area contributed by atoms with Crippen molar-refractivity contribution in [3.05, 3.63) is 47.8 Å². The van der Waals surface area contributed by atoms with Gasteiger partial charge in [0.15, 0.2) is 5.69 Å². The number of para-hydroxylation sites is 1. The van der Waals surface area contributed by atoms with Gasteiger partial charge in [-0.05, 0) is 30.4 Å². The van der Waals surface area contributed by atoms with Gasteiger partial charge in [-0.15, -0.1) is 0 Å². The quantitative estimate of drug-likeness (QED) is 0.720. The average molecular weight is 389 g/mol. The van der Waals surface area contributed by atoms with Crippen molar-refractivity contribution in [1.82, 2.24) is 15.0 Å². The highest BCUT2D eigenvalue weighted by atomic mass is 19.4. The van der Waals surface area contributed by atoms with E-state index in [2.05, 4.69) is 27.2 Å². The Bertz CT molecular complexity index is 971. The fourth-order valence-electron chi connectivity index (χ4n) is 3.76. The van der Waals surface area contributed by atoms with E-state index in [0.29, 0.717) is 19.0 Å². The summed E-state index contributed by atoms with van der Waals surface area (Å²) in [5, 5.41) is 1.21. The first-order chi connectivity index (χ1) is 13.3. The van der Waals surface area contributed by atoms with Crippen molar-refractivity contribution in [3.63, 3.8) is 0 Å². The van der Waals surface area contributed by atoms with E-state index >= 15 is 0 Å². The molecule has 5 nitrogen and oxygen atoms in total. The minimum Gasteiger partial charge on any atom is -0.363 e. The fraction of sp³-hybridized carbons (Fsp3) is 0.400. The third-order valence-corrected chi connectivity index (χ3v) is 5.29. The summed E-state index contributed by atoms with van der Waals surface area (Å²) >= 11 is 0. The zero-order chi connectivity index (χ0) is 19.9. The van der Waals surface area contributed by atoms with Gasteiger partial charge in [0.1, 0.15) is 5.82 Å². The van der Waals surface area contributed by atoms with Gasteiger partial charge in [0.25, 0.3) is 0 Å². The Kier molecular flexibility index (Phi) is 4.64. The molecular weight excluding hydrogens is 367 g/mol. The number of halogens is 3. The number of aromatic nitrogens is 3. The minimum atomic E-state index is -4.50. The number of piperidine rings is 1. The van der Waals surface area contributed by atoms with Crippen molar-refractivity contribution < 1.29 is 13.2 Å². The number of nitrogens with one attached hydrogen (secondary N) is 1. The number of hydrogen-bond donors (Lipinski definition) is 1. The molecule has 1 aliphatic heterocycles. The van der Waals surface area contributed by atoms with Crippen molar-refractivity contribution in [2.45, 2.75) is 24.9 Å². The Balaban J connectivity index is 1.56. The number of nitrogens with zero attached hydrogens (tertiary/aromatic N) is 4. The van der Waals surface area contributed by atoms with E-state index < -0.39 is 11.9 Å². The van der Waals surface area contributed by atoms with E-state index in [1.807, 2.05) is 23.1 Å². The molecule has 3 heterocycles. The van der Waals surface area contributed by atoms with Crippen molar-refractivity contribution >= 4 is 22.7 Å². The zero-order valence-electron chi connectivity index (χ0n) is 15.8. The maximum absolute atomic E-state index is 13.2. The van der Waals surface area contributed by atoms with E-state index in [0.717, 1.165) is 24.4 Å². The molecule has 1 saturated heterocycles. The van der Waals surface area contributed by atoms with Gasteiger partial charge in [0.05, 0.1) is 0 Å². The first kappa shape index (κ1) is 18.6. The molecule has 4 rings (SSSR count). The predicted molar refractivity (Wildman–Crippen MR) is 104 cm³/mol. The maximum atomic E-state index is 13.2. The molecule has 8 heteroatoms. The lowest BCUT2D eigenvalue weighted by atomic mass is 9.89. The summed E-state index contributed by atoms with van der Waals surface area (Å²) in [4.78, 5) is 14.9. The Morgan fingerprint density at radius 2 is 1.82 bits per heavy atom. The van der Waals surface area contributed by atoms with E-state index in [1.54, 1.807) is 19.0 Å². The first-order valence-electron chi connectivity index (χ1n) is 9.27. The lowest BCUT2D eigenvalue weighted by molar-refractivity contribution is -0.141. The molecule has 1 N–H and O–H groups in total. The molecule has 28 heavy (non-hydrogen) atoms. The molecule has 0 unspecified atom stereocenters. The fourth-order valence-corrected chi connectivity index (χ4v) is 3.76. The highest BCUT2D eigenvalue weighted by Crippen LogP contribution is 2.35. The second-order valence-corrected chi connectivity index (χ2v) is 7.35. The second kappa shape index (κ2) is 7.00. The van der Waals surface area contributed by atoms with Gasteiger partial charge in [-0.3, -0.25) is 0 Å². The van der Waals surface area contributed by atoms with Crippen LogP contribution in [0.15, 0.2) is 36.5 Å². The number of anilines is 2. The van der Waals surface area contributed by atoms with Gasteiger partial charge in [-0.1, -0.05) is 18.2 Å². The molecule has 1 fully saturated rings. The van der Waals surface area contributed by atoms with Crippen LogP contribution in [0.4, 0.5) is 24.9 Å². The monoisotopic (exact) mass is 389 g/mol. The summed E-state index contributed by atoms with van der Waals surface area (Å²) in [5.74, 6) is 0.776. The maximum Gasteiger partial charge on any atom is 0.433 e. The van der Waals surface area contributed by atoms with Gasteiger partial charge in [0, 0.05) is 50.4 Å². The number of rotatable bonds is 3. The summed E-state index contributed by atoms with van der Waals surface area (Å²) in [6.07, 6.45) is -0.752. The standard InChI is InChI=1S/C20H22F3N5/c1-27(2)18-11-17(20(21,22)23)25-19(26-18)28-9-7-13(8-10-28)15-12-24-16-6-4-3-5-14(15)16/h3-6,11-13,24H,7-10H2,1-2H3. The van der Waals surface area contributed by atoms with E-state index in [4.69, 9.17) is 0 Å². The molecule has 148 valence electrons. The summed E-state index contributed by atoms with van der Waals surface area (Å²) in [5.41, 5.74) is 1.48. The summed E-state index contributed by atoms with van der Waals surface area (Å²) in [7, 11) is 3.35. The van der Waals surface area contributed by atoms with Gasteiger partial charge >= 0.3 is 6.18 Å². The van der Waals surface area contributed by atoms with E-state index in [1.165, 1.54) is 10.9 Å². The van der Waals surface area contributed by atoms with Crippen LogP contribution >= 0.6 is 0 Å². The van der Waals surface area contributed by atoms with Crippen LogP contribution in [0.3, 0.4) is 0 Å². The normalized spacial score (nSPS) is 16.0. The highest BCUT2D eigenvalue weighted by molar-refractivity contribution is 5.83. The SMILES string of the molecule is CN(C)c1cc(C(F)(F)F)nc(N2CCC(c3c[nH]c4ccccc34)CC2)n1. The molecule has 0 saturated carbocycles. The predicted octanol–water partition coefficient (Wildman–Crippen LogP) is 4.43. The van der Waals surface area contributed by atoms with Crippen LogP contribution in [0.5, 0.6) is 0 Å². The molecular formula is C20H22F3N5. The minimum absolute atomic E-state index is 0.149. The van der Waals surface area contributed by atoms with E-state index in [9.17, 15) is 13.2 Å². The van der Waals surface area contributed by atoms with Crippen LogP contribution in [0.2, 0.25) is 0 Å². The summed E-state index contributed by atoms with van der Waals surface area (Å²) in [6.45, 7) is 1.25. The first-order valence-corrected chi connectivity index (χ1v) is 9.27. The number of H-pyrrole nitrogens is 1. The summed E-state index contributed by atoms with van der Waals surface area (Å²) < 4.78 is 39.7. The van der Waals surface area contributed by atoms with Gasteiger partial charge in [-0.2, -0.15) is 18.2 Å². The molecule has 0 aliphatic carbocycles. The van der Waals surface area contributed by atoms with Crippen LogP contribution in [0.25, 0.3) is 10.9 Å². The lowest BCUT2D eigenvalue weighted by Crippen LogP contribution is -2.35. The van der Waals surface area contributed by atoms with Gasteiger partial charge in [-0.25, -0.2) is 4.98 Å². The molecule has 0 amide bonds. The average Bonchev–Trinajstić information content (AvgIpc) is 3.11. The molecule has 0 spiro atoms. The number of fused-ring (bicyclic) bond motifs is 1. The highest BCUT2D eigenvalue weighted by Gasteiger charge is 2.35. The van der Waals surface area contributed by atoms with Crippen LogP contribution in [-0.2, 0) is 6.18 Å². The Labute approximate surface area is 161 Å². The lowest BCUT2D eigenvalue weighted by Gasteiger charge is -2.32. The third kappa shape index (κ3) is 3.50. The molecule has 3 aromatic rings. The number of alkyl halides is 3. The molecule has 0 radical (unpaired) electrons. The van der Waals surface area contributed by atoms with Crippen LogP contribution < -0.4 is 9.80 Å². The Hall–Kier alpha value is -2.77.